The molecule has 1 aromatic rings. The summed E-state index contributed by atoms with van der Waals surface area (Å²) in [6, 6.07) is 2.33. The fraction of sp³-hybridized carbons (Fsp3) is 0.500. The predicted octanol–water partition coefficient (Wildman–Crippen LogP) is 2.82. The Balaban J connectivity index is 2.67. The van der Waals surface area contributed by atoms with Gasteiger partial charge in [-0.05, 0) is 25.0 Å². The van der Waals surface area contributed by atoms with Gasteiger partial charge in [-0.15, -0.1) is 11.6 Å². The van der Waals surface area contributed by atoms with Gasteiger partial charge >= 0.3 is 0 Å². The van der Waals surface area contributed by atoms with Gasteiger partial charge in [-0.25, -0.2) is 0 Å². The number of rotatable bonds is 4. The molecule has 1 N–H and O–H groups in total. The Morgan fingerprint density at radius 2 is 2.38 bits per heavy atom. The highest BCUT2D eigenvalue weighted by molar-refractivity contribution is 6.18. The van der Waals surface area contributed by atoms with E-state index in [4.69, 9.17) is 11.6 Å². The molecule has 0 amide bonds. The van der Waals surface area contributed by atoms with E-state index in [0.717, 1.165) is 17.7 Å². The molecule has 0 spiro atoms. The zero-order valence-corrected chi connectivity index (χ0v) is 8.80. The summed E-state index contributed by atoms with van der Waals surface area (Å²) in [5.74, 6) is 0.637. The molecule has 72 valence electrons. The lowest BCUT2D eigenvalue weighted by Crippen LogP contribution is -2.20. The summed E-state index contributed by atoms with van der Waals surface area (Å²) < 4.78 is 0. The van der Waals surface area contributed by atoms with Gasteiger partial charge in [0, 0.05) is 30.0 Å². The second-order valence-electron chi connectivity index (χ2n) is 3.09. The quantitative estimate of drug-likeness (QED) is 0.753. The lowest BCUT2D eigenvalue weighted by atomic mass is 10.2. The highest BCUT2D eigenvalue weighted by Gasteiger charge is 2.04. The van der Waals surface area contributed by atoms with Crippen molar-refractivity contribution in [2.45, 2.75) is 26.3 Å². The van der Waals surface area contributed by atoms with Crippen LogP contribution in [0.4, 0.5) is 5.69 Å². The first kappa shape index (κ1) is 10.3. The van der Waals surface area contributed by atoms with Crippen molar-refractivity contribution in [3.05, 3.63) is 24.0 Å². The number of hydrogen-bond donors (Lipinski definition) is 1. The number of nitrogens with zero attached hydrogens (tertiary/aromatic N) is 1. The molecule has 0 saturated heterocycles. The van der Waals surface area contributed by atoms with Crippen molar-refractivity contribution in [1.82, 2.24) is 4.98 Å². The third kappa shape index (κ3) is 2.88. The van der Waals surface area contributed by atoms with Crippen molar-refractivity contribution in [2.24, 2.45) is 0 Å². The molecular formula is C10H15ClN2. The van der Waals surface area contributed by atoms with E-state index in [1.807, 2.05) is 19.2 Å². The second-order valence-corrected chi connectivity index (χ2v) is 3.40. The third-order valence-corrected chi connectivity index (χ3v) is 2.43. The Kier molecular flexibility index (Phi) is 4.03. The Morgan fingerprint density at radius 3 is 2.92 bits per heavy atom. The molecule has 0 fully saturated rings. The highest BCUT2D eigenvalue weighted by atomic mass is 35.5. The molecule has 0 radical (unpaired) electrons. The van der Waals surface area contributed by atoms with E-state index in [0.29, 0.717) is 11.9 Å². The van der Waals surface area contributed by atoms with Crippen molar-refractivity contribution in [1.29, 1.82) is 0 Å². The first-order valence-electron chi connectivity index (χ1n) is 4.51. The van der Waals surface area contributed by atoms with Crippen LogP contribution in [0.25, 0.3) is 0 Å². The summed E-state index contributed by atoms with van der Waals surface area (Å²) in [4.78, 5) is 4.03. The highest BCUT2D eigenvalue weighted by Crippen LogP contribution is 2.14. The number of pyridine rings is 1. The summed E-state index contributed by atoms with van der Waals surface area (Å²) in [7, 11) is 0. The average Bonchev–Trinajstić information content (AvgIpc) is 2.17. The number of halogens is 1. The summed E-state index contributed by atoms with van der Waals surface area (Å²) in [5.41, 5.74) is 2.29. The normalized spacial score (nSPS) is 12.5. The summed E-state index contributed by atoms with van der Waals surface area (Å²) in [6.45, 7) is 4.16. The van der Waals surface area contributed by atoms with Crippen molar-refractivity contribution in [2.75, 3.05) is 11.2 Å². The van der Waals surface area contributed by atoms with Crippen LogP contribution in [0.5, 0.6) is 0 Å². The number of anilines is 1. The molecule has 0 aromatic carbocycles. The van der Waals surface area contributed by atoms with Crippen molar-refractivity contribution in [3.8, 4) is 0 Å². The third-order valence-electron chi connectivity index (χ3n) is 2.06. The number of nitrogens with one attached hydrogen (secondary N) is 1. The molecule has 1 unspecified atom stereocenters. The van der Waals surface area contributed by atoms with Crippen molar-refractivity contribution in [3.63, 3.8) is 0 Å². The number of hydrogen-bond acceptors (Lipinski definition) is 2. The van der Waals surface area contributed by atoms with Crippen LogP contribution in [0.3, 0.4) is 0 Å². The topological polar surface area (TPSA) is 24.9 Å². The molecule has 1 heterocycles. The maximum atomic E-state index is 5.79. The maximum absolute atomic E-state index is 5.79. The molecule has 0 saturated carbocycles. The van der Waals surface area contributed by atoms with Crippen LogP contribution in [0.2, 0.25) is 0 Å². The summed E-state index contributed by atoms with van der Waals surface area (Å²) in [5, 5.41) is 3.37. The van der Waals surface area contributed by atoms with Crippen LogP contribution in [0.15, 0.2) is 18.5 Å². The van der Waals surface area contributed by atoms with E-state index in [2.05, 4.69) is 17.2 Å². The molecule has 1 aromatic heterocycles. The molecule has 1 rings (SSSR count). The molecular weight excluding hydrogens is 184 g/mol. The minimum Gasteiger partial charge on any atom is -0.381 e. The zero-order valence-electron chi connectivity index (χ0n) is 8.05. The van der Waals surface area contributed by atoms with Gasteiger partial charge < -0.3 is 5.32 Å². The predicted molar refractivity (Wildman–Crippen MR) is 57.4 cm³/mol. The lowest BCUT2D eigenvalue weighted by Gasteiger charge is -2.16. The molecule has 1 atom stereocenters. The van der Waals surface area contributed by atoms with Gasteiger partial charge in [0.05, 0.1) is 0 Å². The van der Waals surface area contributed by atoms with Gasteiger partial charge in [-0.2, -0.15) is 0 Å². The SMILES string of the molecule is CCC(CCl)Nc1ccncc1C. The Bertz CT molecular complexity index is 259. The minimum atomic E-state index is 0.350. The summed E-state index contributed by atoms with van der Waals surface area (Å²) >= 11 is 5.79. The Morgan fingerprint density at radius 1 is 1.62 bits per heavy atom. The van der Waals surface area contributed by atoms with Crippen LogP contribution in [0.1, 0.15) is 18.9 Å². The van der Waals surface area contributed by atoms with Crippen LogP contribution >= 0.6 is 11.6 Å². The van der Waals surface area contributed by atoms with Gasteiger partial charge in [0.1, 0.15) is 0 Å². The smallest absolute Gasteiger partial charge is 0.0425 e. The van der Waals surface area contributed by atoms with E-state index in [-0.39, 0.29) is 0 Å². The fourth-order valence-electron chi connectivity index (χ4n) is 1.11. The maximum Gasteiger partial charge on any atom is 0.0425 e. The van der Waals surface area contributed by atoms with E-state index >= 15 is 0 Å². The second kappa shape index (κ2) is 5.07. The van der Waals surface area contributed by atoms with Gasteiger partial charge in [0.15, 0.2) is 0 Å². The molecule has 13 heavy (non-hydrogen) atoms. The molecule has 0 aliphatic rings. The molecule has 2 nitrogen and oxygen atoms in total. The minimum absolute atomic E-state index is 0.350. The van der Waals surface area contributed by atoms with Crippen LogP contribution in [-0.2, 0) is 0 Å². The van der Waals surface area contributed by atoms with Gasteiger partial charge in [-0.1, -0.05) is 6.92 Å². The first-order valence-corrected chi connectivity index (χ1v) is 5.04. The molecule has 0 aliphatic carbocycles. The number of alkyl halides is 1. The van der Waals surface area contributed by atoms with Crippen LogP contribution in [0, 0.1) is 6.92 Å². The van der Waals surface area contributed by atoms with Crippen LogP contribution < -0.4 is 5.32 Å². The van der Waals surface area contributed by atoms with Crippen molar-refractivity contribution >= 4 is 17.3 Å². The van der Waals surface area contributed by atoms with Gasteiger partial charge in [0.25, 0.3) is 0 Å². The number of aromatic nitrogens is 1. The Hall–Kier alpha value is -0.760. The summed E-state index contributed by atoms with van der Waals surface area (Å²) in [6.07, 6.45) is 4.67. The molecule has 0 bridgehead atoms. The van der Waals surface area contributed by atoms with E-state index in [1.165, 1.54) is 0 Å². The first-order chi connectivity index (χ1) is 6.27. The zero-order chi connectivity index (χ0) is 9.68. The van der Waals surface area contributed by atoms with Gasteiger partial charge in [-0.3, -0.25) is 4.98 Å². The van der Waals surface area contributed by atoms with E-state index < -0.39 is 0 Å². The monoisotopic (exact) mass is 198 g/mol. The van der Waals surface area contributed by atoms with Crippen molar-refractivity contribution < 1.29 is 0 Å². The average molecular weight is 199 g/mol. The molecule has 0 aliphatic heterocycles. The van der Waals surface area contributed by atoms with E-state index in [1.54, 1.807) is 6.20 Å². The lowest BCUT2D eigenvalue weighted by molar-refractivity contribution is 0.769. The standard InChI is InChI=1S/C10H15ClN2/c1-3-9(6-11)13-10-4-5-12-7-8(10)2/h4-5,7,9H,3,6H2,1-2H3,(H,12,13). The molecule has 3 heteroatoms. The number of aryl methyl sites for hydroxylation is 1. The largest absolute Gasteiger partial charge is 0.381 e. The van der Waals surface area contributed by atoms with Gasteiger partial charge in [0.2, 0.25) is 0 Å². The van der Waals surface area contributed by atoms with E-state index in [9.17, 15) is 0 Å². The van der Waals surface area contributed by atoms with Crippen LogP contribution in [-0.4, -0.2) is 16.9 Å². The Labute approximate surface area is 84.3 Å². The fourth-order valence-corrected chi connectivity index (χ4v) is 1.40.